The molecule has 0 saturated carbocycles. The normalized spacial score (nSPS) is 33.3. The van der Waals surface area contributed by atoms with Crippen LogP contribution in [0.3, 0.4) is 0 Å². The van der Waals surface area contributed by atoms with Crippen molar-refractivity contribution in [3.05, 3.63) is 0 Å². The van der Waals surface area contributed by atoms with E-state index in [-0.39, 0.29) is 12.4 Å². The lowest BCUT2D eigenvalue weighted by Crippen LogP contribution is -2.19. The average Bonchev–Trinajstić information content (AvgIpc) is 2.60. The Morgan fingerprint density at radius 3 is 2.55 bits per heavy atom. The molecule has 2 heterocycles. The Morgan fingerprint density at radius 1 is 1.09 bits per heavy atom. The Kier molecular flexibility index (Phi) is 2.38. The van der Waals surface area contributed by atoms with Crippen molar-refractivity contribution < 1.29 is 18.9 Å². The van der Waals surface area contributed by atoms with Gasteiger partial charge in [-0.1, -0.05) is 0 Å². The van der Waals surface area contributed by atoms with Gasteiger partial charge in [-0.05, 0) is 0 Å². The first-order valence-electron chi connectivity index (χ1n) is 3.88. The van der Waals surface area contributed by atoms with Crippen molar-refractivity contribution in [2.75, 3.05) is 26.6 Å². The molecule has 64 valence electrons. The standard InChI is InChI=1S/C7H12O4/c1-2-10-7(9-1)3-6-4-8-5-11-6/h6-7H,1-5H2. The third kappa shape index (κ3) is 1.90. The molecule has 4 nitrogen and oxygen atoms in total. The van der Waals surface area contributed by atoms with Gasteiger partial charge < -0.3 is 18.9 Å². The molecule has 0 aromatic heterocycles. The van der Waals surface area contributed by atoms with Gasteiger partial charge >= 0.3 is 0 Å². The number of hydrogen-bond donors (Lipinski definition) is 0. The molecular formula is C7H12O4. The molecular weight excluding hydrogens is 148 g/mol. The Balaban J connectivity index is 1.71. The van der Waals surface area contributed by atoms with Gasteiger partial charge in [0.1, 0.15) is 6.79 Å². The molecule has 2 rings (SSSR count). The smallest absolute Gasteiger partial charge is 0.160 e. The van der Waals surface area contributed by atoms with Crippen LogP contribution in [0.4, 0.5) is 0 Å². The summed E-state index contributed by atoms with van der Waals surface area (Å²) in [7, 11) is 0. The fraction of sp³-hybridized carbons (Fsp3) is 1.00. The van der Waals surface area contributed by atoms with Crippen LogP contribution >= 0.6 is 0 Å². The minimum absolute atomic E-state index is 0.0679. The van der Waals surface area contributed by atoms with Gasteiger partial charge in [0.2, 0.25) is 0 Å². The average molecular weight is 160 g/mol. The van der Waals surface area contributed by atoms with Crippen molar-refractivity contribution in [1.29, 1.82) is 0 Å². The SMILES string of the molecule is C1OCC(CC2OCCO2)O1. The van der Waals surface area contributed by atoms with Crippen molar-refractivity contribution in [2.45, 2.75) is 18.8 Å². The highest BCUT2D eigenvalue weighted by molar-refractivity contribution is 4.64. The van der Waals surface area contributed by atoms with Gasteiger partial charge in [0.25, 0.3) is 0 Å². The maximum absolute atomic E-state index is 5.26. The maximum atomic E-state index is 5.26. The summed E-state index contributed by atoms with van der Waals surface area (Å²) in [6, 6.07) is 0. The van der Waals surface area contributed by atoms with Crippen LogP contribution in [0.2, 0.25) is 0 Å². The molecule has 2 aliphatic rings. The van der Waals surface area contributed by atoms with Gasteiger partial charge in [-0.25, -0.2) is 0 Å². The van der Waals surface area contributed by atoms with Crippen LogP contribution in [0.25, 0.3) is 0 Å². The molecule has 2 fully saturated rings. The summed E-state index contributed by atoms with van der Waals surface area (Å²) in [5.74, 6) is 0. The monoisotopic (exact) mass is 160 g/mol. The molecule has 0 spiro atoms. The lowest BCUT2D eigenvalue weighted by Gasteiger charge is -2.11. The summed E-state index contributed by atoms with van der Waals surface area (Å²) in [5, 5.41) is 0. The fourth-order valence-corrected chi connectivity index (χ4v) is 1.27. The molecule has 0 bridgehead atoms. The summed E-state index contributed by atoms with van der Waals surface area (Å²) >= 11 is 0. The summed E-state index contributed by atoms with van der Waals surface area (Å²) < 4.78 is 20.8. The second-order valence-corrected chi connectivity index (χ2v) is 2.68. The van der Waals surface area contributed by atoms with Gasteiger partial charge in [0.05, 0.1) is 25.9 Å². The van der Waals surface area contributed by atoms with E-state index in [1.165, 1.54) is 0 Å². The van der Waals surface area contributed by atoms with E-state index < -0.39 is 0 Å². The molecule has 0 radical (unpaired) electrons. The topological polar surface area (TPSA) is 36.9 Å². The summed E-state index contributed by atoms with van der Waals surface area (Å²) in [5.41, 5.74) is 0. The zero-order valence-corrected chi connectivity index (χ0v) is 6.32. The summed E-state index contributed by atoms with van der Waals surface area (Å²) in [6.45, 7) is 2.50. The first kappa shape index (κ1) is 7.49. The van der Waals surface area contributed by atoms with Gasteiger partial charge in [-0.3, -0.25) is 0 Å². The summed E-state index contributed by atoms with van der Waals surface area (Å²) in [4.78, 5) is 0. The van der Waals surface area contributed by atoms with Crippen LogP contribution in [0.1, 0.15) is 6.42 Å². The Labute approximate surface area is 65.4 Å². The number of hydrogen-bond acceptors (Lipinski definition) is 4. The van der Waals surface area contributed by atoms with Crippen LogP contribution in [0.15, 0.2) is 0 Å². The minimum atomic E-state index is -0.0679. The molecule has 0 aromatic carbocycles. The van der Waals surface area contributed by atoms with E-state index in [4.69, 9.17) is 18.9 Å². The first-order chi connectivity index (χ1) is 5.45. The Hall–Kier alpha value is -0.160. The predicted octanol–water partition coefficient (Wildman–Crippen LogP) is 0.122. The fourth-order valence-electron chi connectivity index (χ4n) is 1.27. The van der Waals surface area contributed by atoms with E-state index in [0.717, 1.165) is 6.42 Å². The third-order valence-corrected chi connectivity index (χ3v) is 1.84. The van der Waals surface area contributed by atoms with Crippen molar-refractivity contribution in [2.24, 2.45) is 0 Å². The number of rotatable bonds is 2. The van der Waals surface area contributed by atoms with Gasteiger partial charge in [0, 0.05) is 6.42 Å². The lowest BCUT2D eigenvalue weighted by atomic mass is 10.2. The van der Waals surface area contributed by atoms with Crippen LogP contribution in [0.5, 0.6) is 0 Å². The summed E-state index contributed by atoms with van der Waals surface area (Å²) in [6.07, 6.45) is 0.889. The van der Waals surface area contributed by atoms with Gasteiger partial charge in [-0.2, -0.15) is 0 Å². The molecule has 1 atom stereocenters. The number of ether oxygens (including phenoxy) is 4. The second-order valence-electron chi connectivity index (χ2n) is 2.68. The van der Waals surface area contributed by atoms with Gasteiger partial charge in [0.15, 0.2) is 6.29 Å². The molecule has 2 aliphatic heterocycles. The first-order valence-corrected chi connectivity index (χ1v) is 3.88. The lowest BCUT2D eigenvalue weighted by molar-refractivity contribution is -0.0728. The van der Waals surface area contributed by atoms with Crippen LogP contribution in [-0.2, 0) is 18.9 Å². The highest BCUT2D eigenvalue weighted by Gasteiger charge is 2.24. The molecule has 2 saturated heterocycles. The highest BCUT2D eigenvalue weighted by atomic mass is 16.7. The van der Waals surface area contributed by atoms with Crippen LogP contribution in [0, 0.1) is 0 Å². The quantitative estimate of drug-likeness (QED) is 0.575. The van der Waals surface area contributed by atoms with E-state index >= 15 is 0 Å². The van der Waals surface area contributed by atoms with Crippen molar-refractivity contribution in [3.63, 3.8) is 0 Å². The second kappa shape index (κ2) is 3.49. The molecule has 1 unspecified atom stereocenters. The zero-order valence-electron chi connectivity index (χ0n) is 6.32. The predicted molar refractivity (Wildman–Crippen MR) is 36.0 cm³/mol. The minimum Gasteiger partial charge on any atom is -0.353 e. The van der Waals surface area contributed by atoms with Crippen LogP contribution < -0.4 is 0 Å². The van der Waals surface area contributed by atoms with E-state index in [0.29, 0.717) is 26.6 Å². The molecule has 0 aliphatic carbocycles. The Morgan fingerprint density at radius 2 is 1.91 bits per heavy atom. The third-order valence-electron chi connectivity index (χ3n) is 1.84. The van der Waals surface area contributed by atoms with Crippen molar-refractivity contribution >= 4 is 0 Å². The van der Waals surface area contributed by atoms with E-state index in [1.54, 1.807) is 0 Å². The van der Waals surface area contributed by atoms with Crippen molar-refractivity contribution in [3.8, 4) is 0 Å². The molecule has 0 aromatic rings. The van der Waals surface area contributed by atoms with Crippen LogP contribution in [-0.4, -0.2) is 39.0 Å². The van der Waals surface area contributed by atoms with Gasteiger partial charge in [-0.15, -0.1) is 0 Å². The molecule has 0 N–H and O–H groups in total. The van der Waals surface area contributed by atoms with E-state index in [1.807, 2.05) is 0 Å². The molecule has 0 amide bonds. The van der Waals surface area contributed by atoms with E-state index in [2.05, 4.69) is 0 Å². The van der Waals surface area contributed by atoms with Crippen molar-refractivity contribution in [1.82, 2.24) is 0 Å². The largest absolute Gasteiger partial charge is 0.353 e. The maximum Gasteiger partial charge on any atom is 0.160 e. The zero-order chi connectivity index (χ0) is 7.52. The Bertz CT molecular complexity index is 102. The molecule has 11 heavy (non-hydrogen) atoms. The highest BCUT2D eigenvalue weighted by Crippen LogP contribution is 2.15. The van der Waals surface area contributed by atoms with E-state index in [9.17, 15) is 0 Å². The molecule has 4 heteroatoms.